The molecule has 0 aliphatic carbocycles. The molecule has 0 atom stereocenters. The van der Waals surface area contributed by atoms with Crippen LogP contribution < -0.4 is 15.2 Å². The largest absolute Gasteiger partial charge is 0.494 e. The first-order chi connectivity index (χ1) is 9.46. The summed E-state index contributed by atoms with van der Waals surface area (Å²) in [6.07, 6.45) is 1.91. The van der Waals surface area contributed by atoms with Gasteiger partial charge >= 0.3 is 0 Å². The van der Waals surface area contributed by atoms with Crippen molar-refractivity contribution >= 4 is 21.4 Å². The Morgan fingerprint density at radius 3 is 2.80 bits per heavy atom. The number of aromatic nitrogens is 2. The Kier molecular flexibility index (Phi) is 3.84. The van der Waals surface area contributed by atoms with Crippen molar-refractivity contribution in [2.24, 2.45) is 0 Å². The molecule has 2 rings (SSSR count). The van der Waals surface area contributed by atoms with Gasteiger partial charge in [0.1, 0.15) is 11.6 Å². The van der Waals surface area contributed by atoms with Crippen LogP contribution in [0.2, 0.25) is 0 Å². The van der Waals surface area contributed by atoms with Crippen LogP contribution in [0.1, 0.15) is 12.7 Å². The normalized spacial score (nSPS) is 11.3. The van der Waals surface area contributed by atoms with Gasteiger partial charge in [-0.3, -0.25) is 4.72 Å². The van der Waals surface area contributed by atoms with E-state index in [1.807, 2.05) is 6.92 Å². The smallest absolute Gasteiger partial charge is 0.279 e. The molecule has 7 nitrogen and oxygen atoms in total. The molecule has 1 aromatic carbocycles. The van der Waals surface area contributed by atoms with Crippen molar-refractivity contribution in [3.05, 3.63) is 30.2 Å². The van der Waals surface area contributed by atoms with Crippen LogP contribution in [-0.2, 0) is 16.4 Å². The van der Waals surface area contributed by atoms with Crippen molar-refractivity contribution in [1.82, 2.24) is 9.97 Å². The van der Waals surface area contributed by atoms with Gasteiger partial charge in [-0.25, -0.2) is 4.98 Å². The summed E-state index contributed by atoms with van der Waals surface area (Å²) in [5, 5.41) is 0.00762. The lowest BCUT2D eigenvalue weighted by Gasteiger charge is -2.11. The van der Waals surface area contributed by atoms with Crippen LogP contribution in [0.4, 0.5) is 11.4 Å². The lowest BCUT2D eigenvalue weighted by molar-refractivity contribution is 0.417. The van der Waals surface area contributed by atoms with Crippen LogP contribution in [0.3, 0.4) is 0 Å². The Labute approximate surface area is 117 Å². The van der Waals surface area contributed by atoms with Gasteiger partial charge in [-0.05, 0) is 12.1 Å². The van der Waals surface area contributed by atoms with Crippen molar-refractivity contribution in [2.45, 2.75) is 18.4 Å². The Hall–Kier alpha value is -2.22. The molecule has 0 amide bonds. The SMILES string of the molecule is CCc1ncc(S(=O)(=O)Nc2ccc(N)cc2OC)[nH]1. The molecule has 0 radical (unpaired) electrons. The summed E-state index contributed by atoms with van der Waals surface area (Å²) in [4.78, 5) is 6.72. The van der Waals surface area contributed by atoms with Crippen LogP contribution in [0.15, 0.2) is 29.4 Å². The number of sulfonamides is 1. The van der Waals surface area contributed by atoms with E-state index in [0.29, 0.717) is 29.4 Å². The highest BCUT2D eigenvalue weighted by Gasteiger charge is 2.19. The van der Waals surface area contributed by atoms with E-state index >= 15 is 0 Å². The molecule has 0 spiro atoms. The average molecular weight is 296 g/mol. The molecular formula is C12H16N4O3S. The van der Waals surface area contributed by atoms with E-state index in [4.69, 9.17) is 10.5 Å². The number of hydrogen-bond acceptors (Lipinski definition) is 5. The summed E-state index contributed by atoms with van der Waals surface area (Å²) >= 11 is 0. The molecule has 2 aromatic rings. The summed E-state index contributed by atoms with van der Waals surface area (Å²) in [6.45, 7) is 1.88. The van der Waals surface area contributed by atoms with Crippen molar-refractivity contribution in [1.29, 1.82) is 0 Å². The molecule has 0 saturated heterocycles. The predicted molar refractivity (Wildman–Crippen MR) is 76.2 cm³/mol. The van der Waals surface area contributed by atoms with Crippen molar-refractivity contribution in [2.75, 3.05) is 17.6 Å². The summed E-state index contributed by atoms with van der Waals surface area (Å²) in [6, 6.07) is 4.68. The number of nitrogens with one attached hydrogen (secondary N) is 2. The first kappa shape index (κ1) is 14.2. The average Bonchev–Trinajstić information content (AvgIpc) is 2.90. The number of nitrogen functional groups attached to an aromatic ring is 1. The minimum Gasteiger partial charge on any atom is -0.494 e. The number of nitrogens with two attached hydrogens (primary N) is 1. The number of imidazole rings is 1. The molecule has 20 heavy (non-hydrogen) atoms. The zero-order valence-corrected chi connectivity index (χ0v) is 12.0. The number of aromatic amines is 1. The van der Waals surface area contributed by atoms with Gasteiger partial charge in [-0.1, -0.05) is 6.92 Å². The third kappa shape index (κ3) is 2.85. The van der Waals surface area contributed by atoms with Crippen LogP contribution in [-0.4, -0.2) is 25.5 Å². The minimum absolute atomic E-state index is 0.00762. The third-order valence-corrected chi connectivity index (χ3v) is 3.97. The van der Waals surface area contributed by atoms with Crippen LogP contribution in [0.25, 0.3) is 0 Å². The van der Waals surface area contributed by atoms with E-state index in [9.17, 15) is 8.42 Å². The number of nitrogens with zero attached hydrogens (tertiary/aromatic N) is 1. The Bertz CT molecular complexity index is 709. The van der Waals surface area contributed by atoms with Gasteiger partial charge in [0.25, 0.3) is 10.0 Å². The molecule has 0 saturated carbocycles. The van der Waals surface area contributed by atoms with E-state index in [1.54, 1.807) is 18.2 Å². The highest BCUT2D eigenvalue weighted by molar-refractivity contribution is 7.92. The maximum atomic E-state index is 12.2. The predicted octanol–water partition coefficient (Wildman–Crippen LogP) is 1.36. The molecule has 0 fully saturated rings. The number of methoxy groups -OCH3 is 1. The van der Waals surface area contributed by atoms with Crippen molar-refractivity contribution < 1.29 is 13.2 Å². The molecule has 1 aromatic heterocycles. The second kappa shape index (κ2) is 5.41. The first-order valence-corrected chi connectivity index (χ1v) is 7.44. The fourth-order valence-electron chi connectivity index (χ4n) is 1.65. The van der Waals surface area contributed by atoms with E-state index in [2.05, 4.69) is 14.7 Å². The third-order valence-electron chi connectivity index (χ3n) is 2.70. The highest BCUT2D eigenvalue weighted by Crippen LogP contribution is 2.28. The molecule has 0 bridgehead atoms. The molecule has 1 heterocycles. The minimum atomic E-state index is -3.74. The molecule has 108 valence electrons. The number of anilines is 2. The summed E-state index contributed by atoms with van der Waals surface area (Å²) < 4.78 is 32.0. The highest BCUT2D eigenvalue weighted by atomic mass is 32.2. The molecular weight excluding hydrogens is 280 g/mol. The Morgan fingerprint density at radius 2 is 2.20 bits per heavy atom. The van der Waals surface area contributed by atoms with Gasteiger partial charge in [-0.15, -0.1) is 0 Å². The lowest BCUT2D eigenvalue weighted by atomic mass is 10.2. The Balaban J connectivity index is 2.33. The topological polar surface area (TPSA) is 110 Å². The standard InChI is InChI=1S/C12H16N4O3S/c1-3-11-14-7-12(15-11)20(17,18)16-9-5-4-8(13)6-10(9)19-2/h4-7,16H,3,13H2,1-2H3,(H,14,15). The van der Waals surface area contributed by atoms with Crippen molar-refractivity contribution in [3.63, 3.8) is 0 Å². The maximum absolute atomic E-state index is 12.2. The van der Waals surface area contributed by atoms with Gasteiger partial charge in [-0.2, -0.15) is 8.42 Å². The molecule has 0 aliphatic rings. The van der Waals surface area contributed by atoms with Gasteiger partial charge in [0.05, 0.1) is 19.0 Å². The molecule has 8 heteroatoms. The van der Waals surface area contributed by atoms with E-state index in [1.165, 1.54) is 13.3 Å². The summed E-state index contributed by atoms with van der Waals surface area (Å²) in [7, 11) is -2.29. The lowest BCUT2D eigenvalue weighted by Crippen LogP contribution is -2.14. The van der Waals surface area contributed by atoms with Crippen LogP contribution in [0, 0.1) is 0 Å². The summed E-state index contributed by atoms with van der Waals surface area (Å²) in [5.41, 5.74) is 6.43. The number of ether oxygens (including phenoxy) is 1. The maximum Gasteiger partial charge on any atom is 0.279 e. The van der Waals surface area contributed by atoms with Gasteiger partial charge in [0.15, 0.2) is 5.03 Å². The molecule has 4 N–H and O–H groups in total. The fourth-order valence-corrected chi connectivity index (χ4v) is 2.66. The second-order valence-corrected chi connectivity index (χ2v) is 5.76. The van der Waals surface area contributed by atoms with E-state index in [0.717, 1.165) is 0 Å². The Morgan fingerprint density at radius 1 is 1.45 bits per heavy atom. The van der Waals surface area contributed by atoms with Crippen LogP contribution >= 0.6 is 0 Å². The first-order valence-electron chi connectivity index (χ1n) is 5.96. The molecule has 0 aliphatic heterocycles. The quantitative estimate of drug-likeness (QED) is 0.722. The number of benzene rings is 1. The van der Waals surface area contributed by atoms with Gasteiger partial charge in [0, 0.05) is 18.2 Å². The van der Waals surface area contributed by atoms with Gasteiger partial charge in [0.2, 0.25) is 0 Å². The van der Waals surface area contributed by atoms with Gasteiger partial charge < -0.3 is 15.5 Å². The van der Waals surface area contributed by atoms with Crippen molar-refractivity contribution in [3.8, 4) is 5.75 Å². The number of rotatable bonds is 5. The second-order valence-electron chi connectivity index (χ2n) is 4.11. The van der Waals surface area contributed by atoms with Crippen LogP contribution in [0.5, 0.6) is 5.75 Å². The fraction of sp³-hybridized carbons (Fsp3) is 0.250. The summed E-state index contributed by atoms with van der Waals surface area (Å²) in [5.74, 6) is 0.957. The monoisotopic (exact) mass is 296 g/mol. The number of H-pyrrole nitrogens is 1. The van der Waals surface area contributed by atoms with E-state index in [-0.39, 0.29) is 5.03 Å². The zero-order chi connectivity index (χ0) is 14.8. The zero-order valence-electron chi connectivity index (χ0n) is 11.2. The number of aryl methyl sites for hydroxylation is 1. The van der Waals surface area contributed by atoms with E-state index < -0.39 is 10.0 Å². The molecule has 0 unspecified atom stereocenters. The number of hydrogen-bond donors (Lipinski definition) is 3.